The molecule has 1 unspecified atom stereocenters. The molecule has 0 aliphatic rings. The van der Waals surface area contributed by atoms with Crippen LogP contribution in [0.1, 0.15) is 67.4 Å². The summed E-state index contributed by atoms with van der Waals surface area (Å²) in [5.74, 6) is 0.816. The maximum atomic E-state index is 12.2. The Hall–Kier alpha value is -2.09. The van der Waals surface area contributed by atoms with E-state index in [1.807, 2.05) is 48.5 Å². The Balaban J connectivity index is 1.98. The number of esters is 1. The Bertz CT molecular complexity index is 611. The quantitative estimate of drug-likeness (QED) is 0.480. The van der Waals surface area contributed by atoms with Crippen LogP contribution in [0.4, 0.5) is 0 Å². The third-order valence-electron chi connectivity index (χ3n) is 4.28. The van der Waals surface area contributed by atoms with Gasteiger partial charge in [-0.1, -0.05) is 51.5 Å². The SMILES string of the molecule is CCCCc1ccc(C(=O)Oc2ccc(C(C)CC)cc2)cc1. The lowest BCUT2D eigenvalue weighted by Crippen LogP contribution is -2.08. The van der Waals surface area contributed by atoms with E-state index in [4.69, 9.17) is 4.74 Å². The van der Waals surface area contributed by atoms with Gasteiger partial charge in [0.2, 0.25) is 0 Å². The predicted molar refractivity (Wildman–Crippen MR) is 95.2 cm³/mol. The van der Waals surface area contributed by atoms with Gasteiger partial charge in [0.1, 0.15) is 5.75 Å². The summed E-state index contributed by atoms with van der Waals surface area (Å²) in [4.78, 5) is 12.2. The fourth-order valence-electron chi connectivity index (χ4n) is 2.45. The first-order valence-electron chi connectivity index (χ1n) is 8.55. The van der Waals surface area contributed by atoms with Gasteiger partial charge in [0.15, 0.2) is 0 Å². The highest BCUT2D eigenvalue weighted by molar-refractivity contribution is 5.91. The standard InChI is InChI=1S/C21H26O2/c1-4-6-7-17-8-10-19(11-9-17)21(22)23-20-14-12-18(13-15-20)16(3)5-2/h8-16H,4-7H2,1-3H3. The number of unbranched alkanes of at least 4 members (excludes halogenated alkanes) is 1. The predicted octanol–water partition coefficient (Wildman–Crippen LogP) is 5.76. The third-order valence-corrected chi connectivity index (χ3v) is 4.28. The molecule has 0 fully saturated rings. The van der Waals surface area contributed by atoms with Crippen molar-refractivity contribution in [2.75, 3.05) is 0 Å². The zero-order valence-corrected chi connectivity index (χ0v) is 14.3. The monoisotopic (exact) mass is 310 g/mol. The van der Waals surface area contributed by atoms with Crippen LogP contribution in [0.2, 0.25) is 0 Å². The fourth-order valence-corrected chi connectivity index (χ4v) is 2.45. The summed E-state index contributed by atoms with van der Waals surface area (Å²) in [7, 11) is 0. The van der Waals surface area contributed by atoms with E-state index >= 15 is 0 Å². The van der Waals surface area contributed by atoms with E-state index in [-0.39, 0.29) is 5.97 Å². The zero-order chi connectivity index (χ0) is 16.7. The van der Waals surface area contributed by atoms with Gasteiger partial charge in [-0.15, -0.1) is 0 Å². The Morgan fingerprint density at radius 1 is 1.00 bits per heavy atom. The second-order valence-electron chi connectivity index (χ2n) is 6.07. The van der Waals surface area contributed by atoms with E-state index in [1.54, 1.807) is 0 Å². The lowest BCUT2D eigenvalue weighted by molar-refractivity contribution is 0.0734. The van der Waals surface area contributed by atoms with Crippen molar-refractivity contribution in [3.05, 3.63) is 65.2 Å². The summed E-state index contributed by atoms with van der Waals surface area (Å²) in [6.45, 7) is 6.54. The molecule has 2 aromatic rings. The third kappa shape index (κ3) is 4.95. The van der Waals surface area contributed by atoms with Crippen molar-refractivity contribution in [3.8, 4) is 5.75 Å². The van der Waals surface area contributed by atoms with Crippen LogP contribution in [0.25, 0.3) is 0 Å². The summed E-state index contributed by atoms with van der Waals surface area (Å²) in [5.41, 5.74) is 3.13. The van der Waals surface area contributed by atoms with Crippen LogP contribution in [0.3, 0.4) is 0 Å². The van der Waals surface area contributed by atoms with E-state index < -0.39 is 0 Å². The van der Waals surface area contributed by atoms with Gasteiger partial charge in [0, 0.05) is 0 Å². The van der Waals surface area contributed by atoms with Crippen molar-refractivity contribution in [2.24, 2.45) is 0 Å². The normalized spacial score (nSPS) is 12.0. The van der Waals surface area contributed by atoms with Crippen LogP contribution < -0.4 is 4.74 Å². The molecular weight excluding hydrogens is 284 g/mol. The second-order valence-corrected chi connectivity index (χ2v) is 6.07. The summed E-state index contributed by atoms with van der Waals surface area (Å²) in [6.07, 6.45) is 4.51. The Labute approximate surface area is 139 Å². The van der Waals surface area contributed by atoms with Crippen molar-refractivity contribution < 1.29 is 9.53 Å². The summed E-state index contributed by atoms with van der Waals surface area (Å²) >= 11 is 0. The highest BCUT2D eigenvalue weighted by atomic mass is 16.5. The van der Waals surface area contributed by atoms with Crippen molar-refractivity contribution in [3.63, 3.8) is 0 Å². The minimum Gasteiger partial charge on any atom is -0.423 e. The summed E-state index contributed by atoms with van der Waals surface area (Å²) in [5, 5.41) is 0. The molecule has 23 heavy (non-hydrogen) atoms. The van der Waals surface area contributed by atoms with Crippen LogP contribution >= 0.6 is 0 Å². The lowest BCUT2D eigenvalue weighted by Gasteiger charge is -2.10. The maximum Gasteiger partial charge on any atom is 0.343 e. The highest BCUT2D eigenvalue weighted by Gasteiger charge is 2.09. The number of aryl methyl sites for hydroxylation is 1. The van der Waals surface area contributed by atoms with Gasteiger partial charge in [-0.2, -0.15) is 0 Å². The number of rotatable bonds is 7. The molecular formula is C21H26O2. The number of hydrogen-bond donors (Lipinski definition) is 0. The van der Waals surface area contributed by atoms with Gasteiger partial charge in [-0.3, -0.25) is 0 Å². The van der Waals surface area contributed by atoms with Crippen LogP contribution in [0.15, 0.2) is 48.5 Å². The molecule has 0 aliphatic carbocycles. The molecule has 0 saturated carbocycles. The Morgan fingerprint density at radius 2 is 1.65 bits per heavy atom. The first-order valence-corrected chi connectivity index (χ1v) is 8.55. The van der Waals surface area contributed by atoms with Gasteiger partial charge in [0.05, 0.1) is 5.56 Å². The number of carbonyl (C=O) groups excluding carboxylic acids is 1. The smallest absolute Gasteiger partial charge is 0.343 e. The molecule has 0 aliphatic heterocycles. The largest absolute Gasteiger partial charge is 0.423 e. The number of ether oxygens (including phenoxy) is 1. The van der Waals surface area contributed by atoms with Crippen LogP contribution in [-0.2, 0) is 6.42 Å². The number of hydrogen-bond acceptors (Lipinski definition) is 2. The van der Waals surface area contributed by atoms with Crippen LogP contribution in [-0.4, -0.2) is 5.97 Å². The van der Waals surface area contributed by atoms with Gasteiger partial charge in [0.25, 0.3) is 0 Å². The Kier molecular flexibility index (Phi) is 6.40. The van der Waals surface area contributed by atoms with E-state index in [0.29, 0.717) is 17.2 Å². The van der Waals surface area contributed by atoms with Crippen molar-refractivity contribution in [1.82, 2.24) is 0 Å². The minimum absolute atomic E-state index is 0.302. The number of carbonyl (C=O) groups is 1. The van der Waals surface area contributed by atoms with Gasteiger partial charge < -0.3 is 4.74 Å². The molecule has 2 rings (SSSR count). The first kappa shape index (κ1) is 17.3. The molecule has 0 radical (unpaired) electrons. The molecule has 0 bridgehead atoms. The molecule has 2 nitrogen and oxygen atoms in total. The molecule has 0 saturated heterocycles. The second kappa shape index (κ2) is 8.52. The fraction of sp³-hybridized carbons (Fsp3) is 0.381. The van der Waals surface area contributed by atoms with Crippen LogP contribution in [0.5, 0.6) is 5.75 Å². The van der Waals surface area contributed by atoms with E-state index in [0.717, 1.165) is 12.8 Å². The summed E-state index contributed by atoms with van der Waals surface area (Å²) < 4.78 is 5.45. The average molecular weight is 310 g/mol. The van der Waals surface area contributed by atoms with Crippen molar-refractivity contribution >= 4 is 5.97 Å². The molecule has 2 heteroatoms. The topological polar surface area (TPSA) is 26.3 Å². The van der Waals surface area contributed by atoms with Gasteiger partial charge in [-0.25, -0.2) is 4.79 Å². The Morgan fingerprint density at radius 3 is 2.22 bits per heavy atom. The highest BCUT2D eigenvalue weighted by Crippen LogP contribution is 2.22. The van der Waals surface area contributed by atoms with E-state index in [2.05, 4.69) is 20.8 Å². The molecule has 0 N–H and O–H groups in total. The number of benzene rings is 2. The van der Waals surface area contributed by atoms with Crippen molar-refractivity contribution in [1.29, 1.82) is 0 Å². The molecule has 1 atom stereocenters. The average Bonchev–Trinajstić information content (AvgIpc) is 2.60. The summed E-state index contributed by atoms with van der Waals surface area (Å²) in [6, 6.07) is 15.5. The van der Waals surface area contributed by atoms with E-state index in [1.165, 1.54) is 24.0 Å². The molecule has 0 amide bonds. The molecule has 0 heterocycles. The molecule has 2 aromatic carbocycles. The van der Waals surface area contributed by atoms with Crippen molar-refractivity contribution in [2.45, 2.75) is 52.4 Å². The first-order chi connectivity index (χ1) is 11.1. The van der Waals surface area contributed by atoms with E-state index in [9.17, 15) is 4.79 Å². The zero-order valence-electron chi connectivity index (χ0n) is 14.3. The molecule has 0 spiro atoms. The van der Waals surface area contributed by atoms with Gasteiger partial charge in [-0.05, 0) is 60.6 Å². The molecule has 0 aromatic heterocycles. The lowest BCUT2D eigenvalue weighted by atomic mass is 9.99. The maximum absolute atomic E-state index is 12.2. The molecule has 122 valence electrons. The van der Waals surface area contributed by atoms with Crippen LogP contribution in [0, 0.1) is 0 Å². The minimum atomic E-state index is -0.302. The van der Waals surface area contributed by atoms with Gasteiger partial charge >= 0.3 is 5.97 Å².